The number of carbonyl (C=O) groups is 2. The monoisotopic (exact) mass is 455 g/mol. The van der Waals surface area contributed by atoms with Crippen molar-refractivity contribution in [3.8, 4) is 0 Å². The Labute approximate surface area is 192 Å². The maximum Gasteiger partial charge on any atom is 0.336 e. The number of Topliss-reactive ketones (excluding diaryl/α,β-unsaturated/α-hetero) is 1. The number of furan rings is 1. The lowest BCUT2D eigenvalue weighted by atomic mass is 9.73. The molecule has 1 aromatic carbocycles. The van der Waals surface area contributed by atoms with E-state index in [4.69, 9.17) is 25.5 Å². The summed E-state index contributed by atoms with van der Waals surface area (Å²) in [6.07, 6.45) is 0.926. The fourth-order valence-corrected chi connectivity index (χ4v) is 4.81. The van der Waals surface area contributed by atoms with E-state index in [1.165, 1.54) is 0 Å². The molecular formula is C25H26ClNO5. The molecule has 4 rings (SSSR count). The highest BCUT2D eigenvalue weighted by atomic mass is 35.5. The summed E-state index contributed by atoms with van der Waals surface area (Å²) < 4.78 is 16.3. The van der Waals surface area contributed by atoms with E-state index in [-0.39, 0.29) is 18.3 Å². The van der Waals surface area contributed by atoms with Crippen molar-refractivity contribution in [2.75, 3.05) is 20.3 Å². The van der Waals surface area contributed by atoms with Gasteiger partial charge in [-0.25, -0.2) is 4.79 Å². The highest BCUT2D eigenvalue weighted by Crippen LogP contribution is 2.46. The molecule has 1 aromatic heterocycles. The average Bonchev–Trinajstić information content (AvgIpc) is 3.19. The third-order valence-electron chi connectivity index (χ3n) is 5.96. The van der Waals surface area contributed by atoms with Crippen LogP contribution in [0, 0.1) is 6.92 Å². The van der Waals surface area contributed by atoms with Crippen LogP contribution in [0.3, 0.4) is 0 Å². The van der Waals surface area contributed by atoms with Gasteiger partial charge in [0.2, 0.25) is 0 Å². The number of esters is 1. The van der Waals surface area contributed by atoms with Gasteiger partial charge < -0.3 is 19.2 Å². The molecule has 1 N–H and O–H groups in total. The van der Waals surface area contributed by atoms with Gasteiger partial charge in [0.05, 0.1) is 18.1 Å². The molecule has 2 aromatic rings. The molecule has 1 aliphatic heterocycles. The second-order valence-corrected chi connectivity index (χ2v) is 8.52. The zero-order chi connectivity index (χ0) is 22.8. The summed E-state index contributed by atoms with van der Waals surface area (Å²) >= 11 is 6.42. The number of rotatable bonds is 6. The van der Waals surface area contributed by atoms with Crippen LogP contribution in [-0.2, 0) is 19.1 Å². The summed E-state index contributed by atoms with van der Waals surface area (Å²) in [5.74, 6) is 0.0944. The van der Waals surface area contributed by atoms with E-state index in [1.807, 2.05) is 50.2 Å². The van der Waals surface area contributed by atoms with Gasteiger partial charge in [0.15, 0.2) is 5.78 Å². The van der Waals surface area contributed by atoms with Gasteiger partial charge >= 0.3 is 5.97 Å². The highest BCUT2D eigenvalue weighted by molar-refractivity contribution is 6.31. The van der Waals surface area contributed by atoms with Crippen LogP contribution in [0.15, 0.2) is 63.4 Å². The third kappa shape index (κ3) is 4.25. The number of ether oxygens (including phenoxy) is 2. The molecule has 0 bridgehead atoms. The maximum atomic E-state index is 13.5. The van der Waals surface area contributed by atoms with Crippen LogP contribution in [0.25, 0.3) is 0 Å². The second-order valence-electron chi connectivity index (χ2n) is 8.12. The number of allylic oxidation sites excluding steroid dienone is 3. The van der Waals surface area contributed by atoms with Gasteiger partial charge in [0.25, 0.3) is 0 Å². The minimum Gasteiger partial charge on any atom is -0.465 e. The van der Waals surface area contributed by atoms with Crippen molar-refractivity contribution in [2.24, 2.45) is 0 Å². The number of hydrogen-bond acceptors (Lipinski definition) is 6. The van der Waals surface area contributed by atoms with E-state index in [2.05, 4.69) is 5.32 Å². The third-order valence-corrected chi connectivity index (χ3v) is 6.30. The molecule has 0 saturated heterocycles. The summed E-state index contributed by atoms with van der Waals surface area (Å²) in [5, 5.41) is 3.97. The predicted molar refractivity (Wildman–Crippen MR) is 120 cm³/mol. The van der Waals surface area contributed by atoms with Crippen molar-refractivity contribution >= 4 is 23.4 Å². The lowest BCUT2D eigenvalue weighted by Crippen LogP contribution is -2.36. The van der Waals surface area contributed by atoms with Gasteiger partial charge in [-0.05, 0) is 49.9 Å². The summed E-state index contributed by atoms with van der Waals surface area (Å²) in [5.41, 5.74) is 3.35. The minimum absolute atomic E-state index is 0.0302. The molecule has 6 nitrogen and oxygen atoms in total. The van der Waals surface area contributed by atoms with Crippen LogP contribution in [0.1, 0.15) is 48.7 Å². The van der Waals surface area contributed by atoms with E-state index < -0.39 is 11.9 Å². The molecule has 2 atom stereocenters. The predicted octanol–water partition coefficient (Wildman–Crippen LogP) is 4.79. The molecule has 32 heavy (non-hydrogen) atoms. The fourth-order valence-electron chi connectivity index (χ4n) is 4.52. The van der Waals surface area contributed by atoms with Crippen LogP contribution >= 0.6 is 11.6 Å². The molecule has 0 radical (unpaired) electrons. The molecule has 2 aliphatic rings. The van der Waals surface area contributed by atoms with Gasteiger partial charge in [0.1, 0.15) is 18.1 Å². The van der Waals surface area contributed by atoms with E-state index >= 15 is 0 Å². The van der Waals surface area contributed by atoms with E-state index in [0.717, 1.165) is 11.3 Å². The van der Waals surface area contributed by atoms with Crippen molar-refractivity contribution in [3.63, 3.8) is 0 Å². The highest BCUT2D eigenvalue weighted by Gasteiger charge is 2.43. The molecule has 0 spiro atoms. The summed E-state index contributed by atoms with van der Waals surface area (Å²) in [7, 11) is 1.54. The summed E-state index contributed by atoms with van der Waals surface area (Å²) in [6, 6.07) is 11.3. The first-order valence-corrected chi connectivity index (χ1v) is 11.0. The first kappa shape index (κ1) is 22.4. The number of methoxy groups -OCH3 is 1. The Hall–Kier alpha value is -2.83. The molecule has 2 unspecified atom stereocenters. The fraction of sp³-hybridized carbons (Fsp3) is 0.360. The number of halogens is 1. The van der Waals surface area contributed by atoms with Crippen LogP contribution in [0.2, 0.25) is 5.02 Å². The second kappa shape index (κ2) is 9.35. The number of nitrogens with one attached hydrogen (secondary N) is 1. The van der Waals surface area contributed by atoms with Crippen LogP contribution < -0.4 is 5.32 Å². The lowest BCUT2D eigenvalue weighted by molar-refractivity contribution is -0.140. The number of hydrogen-bond donors (Lipinski definition) is 1. The molecule has 0 amide bonds. The van der Waals surface area contributed by atoms with Crippen LogP contribution in [-0.4, -0.2) is 32.1 Å². The molecular weight excluding hydrogens is 430 g/mol. The Morgan fingerprint density at radius 2 is 1.94 bits per heavy atom. The van der Waals surface area contributed by atoms with Gasteiger partial charge in [-0.3, -0.25) is 4.79 Å². The first-order valence-electron chi connectivity index (χ1n) is 10.6. The zero-order valence-corrected chi connectivity index (χ0v) is 19.1. The lowest BCUT2D eigenvalue weighted by Gasteiger charge is -2.36. The van der Waals surface area contributed by atoms with Gasteiger partial charge in [-0.15, -0.1) is 0 Å². The molecule has 168 valence electrons. The summed E-state index contributed by atoms with van der Waals surface area (Å²) in [6.45, 7) is 4.08. The quantitative estimate of drug-likeness (QED) is 0.498. The van der Waals surface area contributed by atoms with Crippen LogP contribution in [0.4, 0.5) is 0 Å². The van der Waals surface area contributed by atoms with E-state index in [9.17, 15) is 9.59 Å². The van der Waals surface area contributed by atoms with E-state index in [0.29, 0.717) is 52.8 Å². The van der Waals surface area contributed by atoms with E-state index in [1.54, 1.807) is 7.11 Å². The Morgan fingerprint density at radius 1 is 1.16 bits per heavy atom. The number of dihydropyridines is 1. The zero-order valence-electron chi connectivity index (χ0n) is 18.4. The topological polar surface area (TPSA) is 77.8 Å². The SMILES string of the molecule is COCCOC(=O)C1=C(C)NC2=C(C(=O)CC(c3ccccc3Cl)C2)C1c1ccc(C)o1. The Kier molecular flexibility index (Phi) is 6.53. The van der Waals surface area contributed by atoms with Crippen molar-refractivity contribution in [1.82, 2.24) is 5.32 Å². The van der Waals surface area contributed by atoms with Crippen molar-refractivity contribution in [2.45, 2.75) is 38.5 Å². The number of benzene rings is 1. The van der Waals surface area contributed by atoms with Gasteiger partial charge in [0, 0.05) is 35.5 Å². The smallest absolute Gasteiger partial charge is 0.336 e. The molecule has 1 aliphatic carbocycles. The van der Waals surface area contributed by atoms with Crippen LogP contribution in [0.5, 0.6) is 0 Å². The van der Waals surface area contributed by atoms with Crippen molar-refractivity contribution in [1.29, 1.82) is 0 Å². The van der Waals surface area contributed by atoms with Gasteiger partial charge in [-0.2, -0.15) is 0 Å². The molecule has 0 fully saturated rings. The average molecular weight is 456 g/mol. The number of ketones is 1. The van der Waals surface area contributed by atoms with Gasteiger partial charge in [-0.1, -0.05) is 29.8 Å². The van der Waals surface area contributed by atoms with Crippen molar-refractivity contribution in [3.05, 3.63) is 81.0 Å². The molecule has 7 heteroatoms. The standard InChI is InChI=1S/C25H26ClNO5/c1-14-8-9-21(32-14)24-22(25(29)31-11-10-30-3)15(2)27-19-12-16(13-20(28)23(19)24)17-6-4-5-7-18(17)26/h4-9,16,24,27H,10-13H2,1-3H3. The largest absolute Gasteiger partial charge is 0.465 e. The minimum atomic E-state index is -0.616. The number of aryl methyl sites for hydroxylation is 1. The Balaban J connectivity index is 1.74. The number of carbonyl (C=O) groups excluding carboxylic acids is 2. The van der Waals surface area contributed by atoms with Crippen molar-refractivity contribution < 1.29 is 23.5 Å². The first-order chi connectivity index (χ1) is 15.4. The molecule has 2 heterocycles. The summed E-state index contributed by atoms with van der Waals surface area (Å²) in [4.78, 5) is 26.5. The molecule has 0 saturated carbocycles. The Morgan fingerprint density at radius 3 is 2.62 bits per heavy atom. The Bertz CT molecular complexity index is 1110. The maximum absolute atomic E-state index is 13.5. The normalized spacial score (nSPS) is 20.8.